The van der Waals surface area contributed by atoms with E-state index >= 15 is 0 Å². The van der Waals surface area contributed by atoms with E-state index < -0.39 is 0 Å². The number of rotatable bonds is 5. The van der Waals surface area contributed by atoms with Gasteiger partial charge in [0.25, 0.3) is 5.56 Å². The molecule has 2 fully saturated rings. The first kappa shape index (κ1) is 18.2. The number of aromatic nitrogens is 1. The average molecular weight is 370 g/mol. The summed E-state index contributed by atoms with van der Waals surface area (Å²) in [6.45, 7) is 4.27. The third-order valence-electron chi connectivity index (χ3n) is 5.48. The molecule has 1 aromatic carbocycles. The highest BCUT2D eigenvalue weighted by Gasteiger charge is 2.30. The number of pyridine rings is 1. The third kappa shape index (κ3) is 4.24. The van der Waals surface area contributed by atoms with Crippen LogP contribution in [0.5, 0.6) is 5.75 Å². The Kier molecular flexibility index (Phi) is 5.57. The fourth-order valence-electron chi connectivity index (χ4n) is 3.91. The summed E-state index contributed by atoms with van der Waals surface area (Å²) >= 11 is 0. The van der Waals surface area contributed by atoms with Crippen molar-refractivity contribution in [2.24, 2.45) is 5.92 Å². The fourth-order valence-corrected chi connectivity index (χ4v) is 3.91. The average Bonchev–Trinajstić information content (AvgIpc) is 3.24. The largest absolute Gasteiger partial charge is 0.503 e. The molecule has 0 saturated carbocycles. The monoisotopic (exact) mass is 370 g/mol. The van der Waals surface area contributed by atoms with E-state index in [9.17, 15) is 9.90 Å². The number of nitrogens with zero attached hydrogens (tertiary/aromatic N) is 2. The summed E-state index contributed by atoms with van der Waals surface area (Å²) < 4.78 is 12.8. The predicted molar refractivity (Wildman–Crippen MR) is 102 cm³/mol. The molecule has 4 rings (SSSR count). The highest BCUT2D eigenvalue weighted by Crippen LogP contribution is 2.27. The quantitative estimate of drug-likeness (QED) is 0.874. The number of likely N-dealkylation sites (tertiary alicyclic amines) is 1. The normalized spacial score (nSPS) is 19.6. The maximum atomic E-state index is 12.5. The van der Waals surface area contributed by atoms with Gasteiger partial charge in [-0.1, -0.05) is 30.3 Å². The second-order valence-corrected chi connectivity index (χ2v) is 7.33. The Bertz CT molecular complexity index is 807. The number of hydrogen-bond acceptors (Lipinski definition) is 5. The molecule has 0 unspecified atom stereocenters. The van der Waals surface area contributed by atoms with Crippen molar-refractivity contribution >= 4 is 0 Å². The van der Waals surface area contributed by atoms with E-state index in [2.05, 4.69) is 4.90 Å². The lowest BCUT2D eigenvalue weighted by molar-refractivity contribution is -0.0978. The third-order valence-corrected chi connectivity index (χ3v) is 5.48. The SMILES string of the molecule is O=c1c(O)c(CN2CCC(C3OCCO3)CC2)ccn1Cc1ccccc1. The predicted octanol–water partition coefficient (Wildman–Crippen LogP) is 2.19. The number of ether oxygens (including phenoxy) is 2. The van der Waals surface area contributed by atoms with Crippen molar-refractivity contribution in [1.82, 2.24) is 9.47 Å². The molecule has 0 amide bonds. The number of benzene rings is 1. The van der Waals surface area contributed by atoms with E-state index in [1.165, 1.54) is 0 Å². The fraction of sp³-hybridized carbons (Fsp3) is 0.476. The molecule has 2 aliphatic rings. The van der Waals surface area contributed by atoms with Crippen LogP contribution in [-0.4, -0.2) is 47.2 Å². The minimum absolute atomic E-state index is 0.0533. The van der Waals surface area contributed by atoms with Gasteiger partial charge in [0.15, 0.2) is 12.0 Å². The maximum Gasteiger partial charge on any atom is 0.293 e. The van der Waals surface area contributed by atoms with Crippen LogP contribution in [0.3, 0.4) is 0 Å². The summed E-state index contributed by atoms with van der Waals surface area (Å²) in [4.78, 5) is 14.8. The molecule has 144 valence electrons. The lowest BCUT2D eigenvalue weighted by Gasteiger charge is -2.33. The first-order valence-corrected chi connectivity index (χ1v) is 9.61. The molecule has 27 heavy (non-hydrogen) atoms. The van der Waals surface area contributed by atoms with Crippen LogP contribution in [-0.2, 0) is 22.6 Å². The first-order chi connectivity index (χ1) is 13.2. The van der Waals surface area contributed by atoms with Crippen molar-refractivity contribution in [3.8, 4) is 5.75 Å². The second kappa shape index (κ2) is 8.25. The molecule has 2 saturated heterocycles. The van der Waals surface area contributed by atoms with Crippen LogP contribution < -0.4 is 5.56 Å². The lowest BCUT2D eigenvalue weighted by Crippen LogP contribution is -2.38. The van der Waals surface area contributed by atoms with Gasteiger partial charge in [-0.05, 0) is 37.6 Å². The van der Waals surface area contributed by atoms with Gasteiger partial charge < -0.3 is 19.1 Å². The van der Waals surface area contributed by atoms with Gasteiger partial charge in [-0.2, -0.15) is 0 Å². The van der Waals surface area contributed by atoms with Crippen molar-refractivity contribution in [3.05, 3.63) is 64.1 Å². The Morgan fingerprint density at radius 2 is 1.70 bits per heavy atom. The topological polar surface area (TPSA) is 63.9 Å². The number of piperidine rings is 1. The molecular weight excluding hydrogens is 344 g/mol. The van der Waals surface area contributed by atoms with E-state index in [0.717, 1.165) is 31.5 Å². The summed E-state index contributed by atoms with van der Waals surface area (Å²) in [6, 6.07) is 11.6. The standard InChI is InChI=1S/C21H26N2O4/c24-19-18(8-11-23(20(19)25)14-16-4-2-1-3-5-16)15-22-9-6-17(7-10-22)21-26-12-13-27-21/h1-5,8,11,17,21,24H,6-7,9-10,12-15H2. The zero-order valence-corrected chi connectivity index (χ0v) is 15.4. The molecule has 3 heterocycles. The van der Waals surface area contributed by atoms with Crippen molar-refractivity contribution in [1.29, 1.82) is 0 Å². The Balaban J connectivity index is 1.38. The van der Waals surface area contributed by atoms with Crippen LogP contribution in [0.25, 0.3) is 0 Å². The molecule has 1 N–H and O–H groups in total. The van der Waals surface area contributed by atoms with Gasteiger partial charge in [0.1, 0.15) is 0 Å². The minimum atomic E-state index is -0.334. The summed E-state index contributed by atoms with van der Waals surface area (Å²) in [5, 5.41) is 10.4. The van der Waals surface area contributed by atoms with Gasteiger partial charge in [-0.25, -0.2) is 0 Å². The molecule has 1 aromatic heterocycles. The molecule has 0 spiro atoms. The Morgan fingerprint density at radius 1 is 1.00 bits per heavy atom. The highest BCUT2D eigenvalue weighted by molar-refractivity contribution is 5.29. The van der Waals surface area contributed by atoms with Gasteiger partial charge in [0, 0.05) is 24.2 Å². The minimum Gasteiger partial charge on any atom is -0.503 e. The molecule has 0 aliphatic carbocycles. The maximum absolute atomic E-state index is 12.5. The van der Waals surface area contributed by atoms with Crippen LogP contribution in [0.2, 0.25) is 0 Å². The van der Waals surface area contributed by atoms with Crippen LogP contribution >= 0.6 is 0 Å². The van der Waals surface area contributed by atoms with Crippen molar-refractivity contribution in [2.45, 2.75) is 32.2 Å². The molecule has 6 nitrogen and oxygen atoms in total. The van der Waals surface area contributed by atoms with Gasteiger partial charge in [0.05, 0.1) is 19.8 Å². The lowest BCUT2D eigenvalue weighted by atomic mass is 9.96. The van der Waals surface area contributed by atoms with Gasteiger partial charge in [-0.3, -0.25) is 9.69 Å². The second-order valence-electron chi connectivity index (χ2n) is 7.33. The summed E-state index contributed by atoms with van der Waals surface area (Å²) in [6.07, 6.45) is 3.74. The summed E-state index contributed by atoms with van der Waals surface area (Å²) in [7, 11) is 0. The Hall–Kier alpha value is -2.15. The zero-order chi connectivity index (χ0) is 18.6. The molecule has 2 aliphatic heterocycles. The smallest absolute Gasteiger partial charge is 0.293 e. The van der Waals surface area contributed by atoms with Crippen molar-refractivity contribution < 1.29 is 14.6 Å². The molecule has 0 radical (unpaired) electrons. The van der Waals surface area contributed by atoms with Crippen LogP contribution in [0.1, 0.15) is 24.0 Å². The van der Waals surface area contributed by atoms with Gasteiger partial charge in [0.2, 0.25) is 0 Å². The van der Waals surface area contributed by atoms with Crippen molar-refractivity contribution in [2.75, 3.05) is 26.3 Å². The van der Waals surface area contributed by atoms with Crippen LogP contribution in [0, 0.1) is 5.92 Å². The number of aromatic hydroxyl groups is 1. The molecular formula is C21H26N2O4. The molecule has 6 heteroatoms. The van der Waals surface area contributed by atoms with Gasteiger partial charge >= 0.3 is 0 Å². The van der Waals surface area contributed by atoms with Crippen LogP contribution in [0.4, 0.5) is 0 Å². The summed E-state index contributed by atoms with van der Waals surface area (Å²) in [5.74, 6) is 0.300. The highest BCUT2D eigenvalue weighted by atomic mass is 16.7. The number of hydrogen-bond donors (Lipinski definition) is 1. The van der Waals surface area contributed by atoms with E-state index in [1.54, 1.807) is 10.8 Å². The van der Waals surface area contributed by atoms with E-state index in [1.807, 2.05) is 36.4 Å². The zero-order valence-electron chi connectivity index (χ0n) is 15.4. The molecule has 0 atom stereocenters. The Morgan fingerprint density at radius 3 is 2.41 bits per heavy atom. The van der Waals surface area contributed by atoms with E-state index in [4.69, 9.17) is 9.47 Å². The van der Waals surface area contributed by atoms with E-state index in [0.29, 0.717) is 37.8 Å². The summed E-state index contributed by atoms with van der Waals surface area (Å²) in [5.41, 5.74) is 1.39. The van der Waals surface area contributed by atoms with Crippen molar-refractivity contribution in [3.63, 3.8) is 0 Å². The Labute approximate surface area is 158 Å². The molecule has 0 bridgehead atoms. The first-order valence-electron chi connectivity index (χ1n) is 9.61. The molecule has 2 aromatic rings. The van der Waals surface area contributed by atoms with Crippen LogP contribution in [0.15, 0.2) is 47.4 Å². The van der Waals surface area contributed by atoms with Gasteiger partial charge in [-0.15, -0.1) is 0 Å². The van der Waals surface area contributed by atoms with E-state index in [-0.39, 0.29) is 17.6 Å².